The van der Waals surface area contributed by atoms with Crippen molar-refractivity contribution < 1.29 is 19.0 Å². The quantitative estimate of drug-likeness (QED) is 0.181. The van der Waals surface area contributed by atoms with E-state index in [-0.39, 0.29) is 18.0 Å². The van der Waals surface area contributed by atoms with Gasteiger partial charge >= 0.3 is 5.97 Å². The Morgan fingerprint density at radius 2 is 1.44 bits per heavy atom. The number of benzene rings is 2. The first-order valence-corrected chi connectivity index (χ1v) is 11.8. The van der Waals surface area contributed by atoms with E-state index in [0.29, 0.717) is 6.61 Å². The van der Waals surface area contributed by atoms with Gasteiger partial charge in [0.1, 0.15) is 24.7 Å². The Morgan fingerprint density at radius 3 is 2.06 bits per heavy atom. The standard InChI is InChI=1S/C28H38O4/c1-5-7-8-9-20-30-25-15-10-23(11-16-25)12-19-27(29)32-22-21-31-26-17-13-24(14-18-26)28(3,4)6-2/h10-19H,5-9,20-22H2,1-4H3/b19-12+. The molecule has 0 atom stereocenters. The third-order valence-electron chi connectivity index (χ3n) is 5.67. The van der Waals surface area contributed by atoms with Crippen LogP contribution in [0.5, 0.6) is 11.5 Å². The first-order valence-electron chi connectivity index (χ1n) is 11.8. The normalized spacial score (nSPS) is 11.5. The Kier molecular flexibility index (Phi) is 10.9. The van der Waals surface area contributed by atoms with Crippen LogP contribution in [-0.2, 0) is 14.9 Å². The molecular weight excluding hydrogens is 400 g/mol. The molecule has 0 heterocycles. The van der Waals surface area contributed by atoms with Crippen LogP contribution in [0.1, 0.15) is 70.9 Å². The predicted octanol–water partition coefficient (Wildman–Crippen LogP) is 6.97. The number of hydrogen-bond donors (Lipinski definition) is 0. The summed E-state index contributed by atoms with van der Waals surface area (Å²) in [6, 6.07) is 15.8. The van der Waals surface area contributed by atoms with Gasteiger partial charge in [0.25, 0.3) is 0 Å². The van der Waals surface area contributed by atoms with Gasteiger partial charge in [-0.1, -0.05) is 71.2 Å². The van der Waals surface area contributed by atoms with Gasteiger partial charge in [0.05, 0.1) is 6.61 Å². The van der Waals surface area contributed by atoms with E-state index < -0.39 is 0 Å². The minimum absolute atomic E-state index is 0.155. The zero-order valence-electron chi connectivity index (χ0n) is 20.1. The van der Waals surface area contributed by atoms with Crippen molar-refractivity contribution in [2.45, 2.75) is 65.2 Å². The third kappa shape index (κ3) is 9.17. The molecule has 0 fully saturated rings. The highest BCUT2D eigenvalue weighted by Crippen LogP contribution is 2.28. The molecule has 0 aromatic heterocycles. The van der Waals surface area contributed by atoms with Crippen LogP contribution in [0.25, 0.3) is 6.08 Å². The van der Waals surface area contributed by atoms with Crippen LogP contribution >= 0.6 is 0 Å². The molecule has 174 valence electrons. The second-order valence-corrected chi connectivity index (χ2v) is 8.59. The lowest BCUT2D eigenvalue weighted by molar-refractivity contribution is -0.138. The van der Waals surface area contributed by atoms with Crippen molar-refractivity contribution in [3.8, 4) is 11.5 Å². The molecule has 0 saturated carbocycles. The highest BCUT2D eigenvalue weighted by molar-refractivity contribution is 5.87. The number of carbonyl (C=O) groups excluding carboxylic acids is 1. The van der Waals surface area contributed by atoms with E-state index in [4.69, 9.17) is 14.2 Å². The molecule has 4 heteroatoms. The molecule has 0 unspecified atom stereocenters. The summed E-state index contributed by atoms with van der Waals surface area (Å²) >= 11 is 0. The highest BCUT2D eigenvalue weighted by Gasteiger charge is 2.17. The van der Waals surface area contributed by atoms with E-state index in [0.717, 1.165) is 36.5 Å². The fraction of sp³-hybridized carbons (Fsp3) is 0.464. The van der Waals surface area contributed by atoms with Gasteiger partial charge in [0.2, 0.25) is 0 Å². The summed E-state index contributed by atoms with van der Waals surface area (Å²) in [6.45, 7) is 10.1. The van der Waals surface area contributed by atoms with E-state index in [1.54, 1.807) is 6.08 Å². The number of rotatable bonds is 14. The number of esters is 1. The lowest BCUT2D eigenvalue weighted by atomic mass is 9.82. The average Bonchev–Trinajstić information content (AvgIpc) is 2.81. The number of unbranched alkanes of at least 4 members (excludes halogenated alkanes) is 3. The number of hydrogen-bond acceptors (Lipinski definition) is 4. The van der Waals surface area contributed by atoms with Crippen LogP contribution in [0.15, 0.2) is 54.6 Å². The maximum absolute atomic E-state index is 11.9. The third-order valence-corrected chi connectivity index (χ3v) is 5.67. The second-order valence-electron chi connectivity index (χ2n) is 8.59. The van der Waals surface area contributed by atoms with E-state index in [1.165, 1.54) is 30.9 Å². The Hall–Kier alpha value is -2.75. The lowest BCUT2D eigenvalue weighted by Crippen LogP contribution is -2.15. The van der Waals surface area contributed by atoms with E-state index in [2.05, 4.69) is 39.8 Å². The van der Waals surface area contributed by atoms with Crippen LogP contribution in [0.2, 0.25) is 0 Å². The molecule has 0 aliphatic rings. The predicted molar refractivity (Wildman–Crippen MR) is 131 cm³/mol. The van der Waals surface area contributed by atoms with Crippen molar-refractivity contribution in [3.05, 3.63) is 65.7 Å². The molecule has 0 bridgehead atoms. The largest absolute Gasteiger partial charge is 0.494 e. The van der Waals surface area contributed by atoms with E-state index in [1.807, 2.05) is 36.4 Å². The van der Waals surface area contributed by atoms with Gasteiger partial charge in [-0.3, -0.25) is 0 Å². The Bertz CT molecular complexity index is 820. The molecular formula is C28H38O4. The SMILES string of the molecule is CCCCCCOc1ccc(/C=C/C(=O)OCCOc2ccc(C(C)(C)CC)cc2)cc1. The highest BCUT2D eigenvalue weighted by atomic mass is 16.6. The molecule has 0 radical (unpaired) electrons. The Labute approximate surface area is 193 Å². The molecule has 0 saturated heterocycles. The molecule has 32 heavy (non-hydrogen) atoms. The lowest BCUT2D eigenvalue weighted by Gasteiger charge is -2.23. The van der Waals surface area contributed by atoms with Gasteiger partial charge < -0.3 is 14.2 Å². The molecule has 2 rings (SSSR count). The molecule has 0 spiro atoms. The molecule has 0 aliphatic carbocycles. The zero-order valence-corrected chi connectivity index (χ0v) is 20.1. The summed E-state index contributed by atoms with van der Waals surface area (Å²) in [6.07, 6.45) is 9.00. The van der Waals surface area contributed by atoms with Crippen molar-refractivity contribution in [1.29, 1.82) is 0 Å². The summed E-state index contributed by atoms with van der Waals surface area (Å²) in [7, 11) is 0. The molecule has 2 aromatic carbocycles. The minimum atomic E-state index is -0.384. The molecule has 4 nitrogen and oxygen atoms in total. The van der Waals surface area contributed by atoms with Crippen LogP contribution in [-0.4, -0.2) is 25.8 Å². The zero-order chi connectivity index (χ0) is 23.2. The second kappa shape index (κ2) is 13.6. The molecule has 0 N–H and O–H groups in total. The first-order chi connectivity index (χ1) is 15.4. The van der Waals surface area contributed by atoms with Gasteiger partial charge in [0, 0.05) is 6.08 Å². The van der Waals surface area contributed by atoms with Crippen LogP contribution in [0.4, 0.5) is 0 Å². The topological polar surface area (TPSA) is 44.8 Å². The van der Waals surface area contributed by atoms with E-state index in [9.17, 15) is 4.79 Å². The van der Waals surface area contributed by atoms with Gasteiger partial charge in [-0.05, 0) is 59.7 Å². The summed E-state index contributed by atoms with van der Waals surface area (Å²) in [5, 5.41) is 0. The van der Waals surface area contributed by atoms with E-state index >= 15 is 0 Å². The summed E-state index contributed by atoms with van der Waals surface area (Å²) in [4.78, 5) is 11.9. The molecule has 2 aromatic rings. The Balaban J connectivity index is 1.66. The Morgan fingerprint density at radius 1 is 0.812 bits per heavy atom. The monoisotopic (exact) mass is 438 g/mol. The number of carbonyl (C=O) groups is 1. The van der Waals surface area contributed by atoms with Crippen molar-refractivity contribution in [2.75, 3.05) is 19.8 Å². The fourth-order valence-electron chi connectivity index (χ4n) is 3.11. The minimum Gasteiger partial charge on any atom is -0.494 e. The van der Waals surface area contributed by atoms with Gasteiger partial charge in [-0.25, -0.2) is 4.79 Å². The van der Waals surface area contributed by atoms with Crippen molar-refractivity contribution in [1.82, 2.24) is 0 Å². The van der Waals surface area contributed by atoms with Crippen molar-refractivity contribution in [3.63, 3.8) is 0 Å². The molecule has 0 aliphatic heterocycles. The smallest absolute Gasteiger partial charge is 0.330 e. The summed E-state index contributed by atoms with van der Waals surface area (Å²) < 4.78 is 16.6. The van der Waals surface area contributed by atoms with Crippen molar-refractivity contribution in [2.24, 2.45) is 0 Å². The van der Waals surface area contributed by atoms with Crippen LogP contribution in [0.3, 0.4) is 0 Å². The maximum Gasteiger partial charge on any atom is 0.330 e. The van der Waals surface area contributed by atoms with Gasteiger partial charge in [-0.15, -0.1) is 0 Å². The fourth-order valence-corrected chi connectivity index (χ4v) is 3.11. The van der Waals surface area contributed by atoms with Crippen LogP contribution < -0.4 is 9.47 Å². The molecule has 0 amide bonds. The number of ether oxygens (including phenoxy) is 3. The van der Waals surface area contributed by atoms with Crippen molar-refractivity contribution >= 4 is 12.0 Å². The maximum atomic E-state index is 11.9. The van der Waals surface area contributed by atoms with Gasteiger partial charge in [-0.2, -0.15) is 0 Å². The average molecular weight is 439 g/mol. The summed E-state index contributed by atoms with van der Waals surface area (Å²) in [5.41, 5.74) is 2.37. The first kappa shape index (κ1) is 25.5. The summed E-state index contributed by atoms with van der Waals surface area (Å²) in [5.74, 6) is 1.24. The van der Waals surface area contributed by atoms with Gasteiger partial charge in [0.15, 0.2) is 0 Å². The van der Waals surface area contributed by atoms with Crippen LogP contribution in [0, 0.1) is 0 Å².